The zero-order chi connectivity index (χ0) is 24.8. The Hall–Kier alpha value is -3.49. The number of nitrogens with zero attached hydrogens (tertiary/aromatic N) is 3. The molecular formula is C27H29F2N3O3. The van der Waals surface area contributed by atoms with E-state index in [9.17, 15) is 13.9 Å². The number of halogens is 2. The Morgan fingerprint density at radius 3 is 2.57 bits per heavy atom. The molecule has 35 heavy (non-hydrogen) atoms. The number of benzene rings is 2. The molecule has 0 bridgehead atoms. The van der Waals surface area contributed by atoms with Crippen LogP contribution in [-0.4, -0.2) is 32.4 Å². The molecule has 0 saturated carbocycles. The second-order valence-electron chi connectivity index (χ2n) is 8.48. The molecule has 0 saturated heterocycles. The van der Waals surface area contributed by atoms with Crippen LogP contribution in [0.3, 0.4) is 0 Å². The van der Waals surface area contributed by atoms with E-state index in [1.807, 2.05) is 61.2 Å². The number of aromatic nitrogens is 2. The summed E-state index contributed by atoms with van der Waals surface area (Å²) in [5.74, 6) is -0.506. The summed E-state index contributed by atoms with van der Waals surface area (Å²) in [6, 6.07) is 16.3. The minimum absolute atomic E-state index is 0.103. The molecule has 0 aliphatic rings. The van der Waals surface area contributed by atoms with E-state index in [1.165, 1.54) is 6.07 Å². The van der Waals surface area contributed by atoms with Gasteiger partial charge in [-0.2, -0.15) is 5.10 Å². The van der Waals surface area contributed by atoms with Crippen LogP contribution in [0.5, 0.6) is 11.6 Å². The fraction of sp³-hybridized carbons (Fsp3) is 0.296. The van der Waals surface area contributed by atoms with Crippen LogP contribution in [0, 0.1) is 18.6 Å². The summed E-state index contributed by atoms with van der Waals surface area (Å²) in [5.41, 5.74) is 2.16. The number of rotatable bonds is 11. The molecular weight excluding hydrogens is 452 g/mol. The van der Waals surface area contributed by atoms with Gasteiger partial charge in [-0.25, -0.2) is 13.5 Å². The van der Waals surface area contributed by atoms with Gasteiger partial charge in [-0.15, -0.1) is 0 Å². The molecule has 2 heterocycles. The standard InChI is InChI=1S/C27H29F2N3O3/c1-3-8-22(33)16-31(17-23-11-7-14-34-23)18-24-19(2)30-32(21-9-5-4-6-10-21)27(24)35-26-13-12-20(28)15-25(26)29/h4-7,9-15,22,33H,3,8,16-18H2,1-2H3/t22-/m0/s1. The SMILES string of the molecule is CCC[C@H](O)CN(Cc1ccco1)Cc1c(C)nn(-c2ccccc2)c1Oc1ccc(F)cc1F. The van der Waals surface area contributed by atoms with Gasteiger partial charge in [0.2, 0.25) is 5.88 Å². The highest BCUT2D eigenvalue weighted by molar-refractivity contribution is 5.43. The Bertz CT molecular complexity index is 1230. The molecule has 0 aliphatic heterocycles. The van der Waals surface area contributed by atoms with E-state index in [1.54, 1.807) is 10.9 Å². The predicted molar refractivity (Wildman–Crippen MR) is 128 cm³/mol. The van der Waals surface area contributed by atoms with Crippen LogP contribution in [-0.2, 0) is 13.1 Å². The predicted octanol–water partition coefficient (Wildman–Crippen LogP) is 6.01. The van der Waals surface area contributed by atoms with Crippen LogP contribution in [0.15, 0.2) is 71.3 Å². The number of para-hydroxylation sites is 1. The van der Waals surface area contributed by atoms with Crippen LogP contribution in [0.4, 0.5) is 8.78 Å². The summed E-state index contributed by atoms with van der Waals surface area (Å²) >= 11 is 0. The van der Waals surface area contributed by atoms with Crippen LogP contribution < -0.4 is 4.74 Å². The third kappa shape index (κ3) is 6.15. The Kier molecular flexibility index (Phi) is 7.94. The normalized spacial score (nSPS) is 12.3. The molecule has 1 N–H and O–H groups in total. The molecule has 8 heteroatoms. The van der Waals surface area contributed by atoms with Crippen molar-refractivity contribution in [3.05, 3.63) is 95.6 Å². The van der Waals surface area contributed by atoms with Gasteiger partial charge in [-0.05, 0) is 49.7 Å². The molecule has 0 spiro atoms. The van der Waals surface area contributed by atoms with Crippen molar-refractivity contribution >= 4 is 0 Å². The Labute approximate surface area is 203 Å². The van der Waals surface area contributed by atoms with Gasteiger partial charge >= 0.3 is 0 Å². The maximum Gasteiger partial charge on any atom is 0.227 e. The van der Waals surface area contributed by atoms with Gasteiger partial charge in [0.25, 0.3) is 0 Å². The Balaban J connectivity index is 1.73. The topological polar surface area (TPSA) is 63.7 Å². The van der Waals surface area contributed by atoms with Gasteiger partial charge in [-0.1, -0.05) is 31.5 Å². The van der Waals surface area contributed by atoms with Gasteiger partial charge in [-0.3, -0.25) is 4.90 Å². The number of hydrogen-bond acceptors (Lipinski definition) is 5. The average Bonchev–Trinajstić information content (AvgIpc) is 3.45. The molecule has 2 aromatic heterocycles. The maximum atomic E-state index is 14.5. The molecule has 1 atom stereocenters. The van der Waals surface area contributed by atoms with Crippen LogP contribution in [0.2, 0.25) is 0 Å². The second kappa shape index (κ2) is 11.3. The molecule has 0 radical (unpaired) electrons. The minimum atomic E-state index is -0.805. The number of hydrogen-bond donors (Lipinski definition) is 1. The minimum Gasteiger partial charge on any atom is -0.468 e. The van der Waals surface area contributed by atoms with Crippen molar-refractivity contribution in [1.29, 1.82) is 0 Å². The van der Waals surface area contributed by atoms with E-state index < -0.39 is 17.7 Å². The monoisotopic (exact) mass is 481 g/mol. The fourth-order valence-corrected chi connectivity index (χ4v) is 3.99. The summed E-state index contributed by atoms with van der Waals surface area (Å²) in [5, 5.41) is 15.2. The molecule has 0 aliphatic carbocycles. The molecule has 0 unspecified atom stereocenters. The smallest absolute Gasteiger partial charge is 0.227 e. The summed E-state index contributed by atoms with van der Waals surface area (Å²) in [7, 11) is 0. The van der Waals surface area contributed by atoms with Crippen LogP contribution in [0.1, 0.15) is 36.8 Å². The first kappa shape index (κ1) is 24.6. The highest BCUT2D eigenvalue weighted by Crippen LogP contribution is 2.33. The van der Waals surface area contributed by atoms with Gasteiger partial charge in [0.1, 0.15) is 11.6 Å². The molecule has 0 amide bonds. The zero-order valence-electron chi connectivity index (χ0n) is 19.8. The van der Waals surface area contributed by atoms with Crippen LogP contribution >= 0.6 is 0 Å². The van der Waals surface area contributed by atoms with Crippen molar-refractivity contribution in [2.45, 2.75) is 45.9 Å². The highest BCUT2D eigenvalue weighted by atomic mass is 19.1. The molecule has 184 valence electrons. The number of aliphatic hydroxyl groups excluding tert-OH is 1. The lowest BCUT2D eigenvalue weighted by Gasteiger charge is -2.24. The summed E-state index contributed by atoms with van der Waals surface area (Å²) < 4.78 is 41.2. The number of ether oxygens (including phenoxy) is 1. The van der Waals surface area contributed by atoms with E-state index in [0.29, 0.717) is 37.6 Å². The first-order valence-electron chi connectivity index (χ1n) is 11.6. The summed E-state index contributed by atoms with van der Waals surface area (Å²) in [6.07, 6.45) is 2.62. The van der Waals surface area contributed by atoms with Gasteiger partial charge in [0.15, 0.2) is 11.6 Å². The van der Waals surface area contributed by atoms with E-state index in [2.05, 4.69) is 5.10 Å². The van der Waals surface area contributed by atoms with Crippen molar-refractivity contribution in [2.75, 3.05) is 6.54 Å². The molecule has 4 rings (SSSR count). The fourth-order valence-electron chi connectivity index (χ4n) is 3.99. The lowest BCUT2D eigenvalue weighted by molar-refractivity contribution is 0.0926. The summed E-state index contributed by atoms with van der Waals surface area (Å²) in [4.78, 5) is 2.05. The largest absolute Gasteiger partial charge is 0.468 e. The van der Waals surface area contributed by atoms with Gasteiger partial charge in [0.05, 0.1) is 35.9 Å². The first-order chi connectivity index (χ1) is 16.9. The van der Waals surface area contributed by atoms with Crippen LogP contribution in [0.25, 0.3) is 5.69 Å². The number of aryl methyl sites for hydroxylation is 1. The van der Waals surface area contributed by atoms with Crippen molar-refractivity contribution in [2.24, 2.45) is 0 Å². The van der Waals surface area contributed by atoms with E-state index >= 15 is 0 Å². The lowest BCUT2D eigenvalue weighted by atomic mass is 10.1. The Morgan fingerprint density at radius 1 is 1.09 bits per heavy atom. The Morgan fingerprint density at radius 2 is 1.89 bits per heavy atom. The zero-order valence-corrected chi connectivity index (χ0v) is 19.8. The van der Waals surface area contributed by atoms with Gasteiger partial charge in [0, 0.05) is 19.2 Å². The maximum absolute atomic E-state index is 14.5. The molecule has 2 aromatic carbocycles. The van der Waals surface area contributed by atoms with Gasteiger partial charge < -0.3 is 14.3 Å². The first-order valence-corrected chi connectivity index (χ1v) is 11.6. The van der Waals surface area contributed by atoms with E-state index in [4.69, 9.17) is 9.15 Å². The summed E-state index contributed by atoms with van der Waals surface area (Å²) in [6.45, 7) is 5.13. The average molecular weight is 482 g/mol. The third-order valence-corrected chi connectivity index (χ3v) is 5.67. The van der Waals surface area contributed by atoms with Crippen molar-refractivity contribution < 1.29 is 23.0 Å². The quantitative estimate of drug-likeness (QED) is 0.284. The molecule has 0 fully saturated rings. The molecule has 6 nitrogen and oxygen atoms in total. The number of furan rings is 1. The highest BCUT2D eigenvalue weighted by Gasteiger charge is 2.24. The van der Waals surface area contributed by atoms with Crippen molar-refractivity contribution in [3.8, 4) is 17.3 Å². The third-order valence-electron chi connectivity index (χ3n) is 5.67. The van der Waals surface area contributed by atoms with Crippen molar-refractivity contribution in [1.82, 2.24) is 14.7 Å². The lowest BCUT2D eigenvalue weighted by Crippen LogP contribution is -2.31. The second-order valence-corrected chi connectivity index (χ2v) is 8.48. The van der Waals surface area contributed by atoms with Crippen molar-refractivity contribution in [3.63, 3.8) is 0 Å². The van der Waals surface area contributed by atoms with E-state index in [0.717, 1.165) is 35.6 Å². The number of aliphatic hydroxyl groups is 1. The molecule has 4 aromatic rings. The van der Waals surface area contributed by atoms with E-state index in [-0.39, 0.29) is 5.75 Å².